The molecule has 0 spiro atoms. The Morgan fingerprint density at radius 1 is 1.35 bits per heavy atom. The summed E-state index contributed by atoms with van der Waals surface area (Å²) in [6.07, 6.45) is 5.24. The van der Waals surface area contributed by atoms with Crippen molar-refractivity contribution in [1.82, 2.24) is 0 Å². The number of fused-ring (bicyclic) bond motifs is 2. The standard InChI is InChI=1S/C15H18BrNO3/c16-8-11-2-4-15(14(7-11)17(18)19)20-9-13-6-10-1-3-12(13)5-10/h2,4,7,10,12-13H,1,3,5-6,8-9H2. The van der Waals surface area contributed by atoms with Crippen LogP contribution in [-0.4, -0.2) is 11.5 Å². The molecule has 1 aromatic rings. The first kappa shape index (κ1) is 13.9. The van der Waals surface area contributed by atoms with Crippen LogP contribution in [0, 0.1) is 27.9 Å². The van der Waals surface area contributed by atoms with Crippen molar-refractivity contribution in [3.8, 4) is 5.75 Å². The molecular formula is C15H18BrNO3. The molecule has 0 aromatic heterocycles. The van der Waals surface area contributed by atoms with Gasteiger partial charge in [0.1, 0.15) is 0 Å². The number of nitro benzene ring substituents is 1. The quantitative estimate of drug-likeness (QED) is 0.456. The highest BCUT2D eigenvalue weighted by Gasteiger charge is 2.39. The van der Waals surface area contributed by atoms with Crippen LogP contribution >= 0.6 is 15.9 Å². The van der Waals surface area contributed by atoms with E-state index in [1.165, 1.54) is 25.7 Å². The first-order valence-corrected chi connectivity index (χ1v) is 8.25. The predicted molar refractivity (Wildman–Crippen MR) is 80.2 cm³/mol. The van der Waals surface area contributed by atoms with Crippen LogP contribution in [0.4, 0.5) is 5.69 Å². The van der Waals surface area contributed by atoms with E-state index in [4.69, 9.17) is 4.74 Å². The number of benzene rings is 1. The third kappa shape index (κ3) is 2.68. The lowest BCUT2D eigenvalue weighted by atomic mass is 9.89. The molecule has 5 heteroatoms. The summed E-state index contributed by atoms with van der Waals surface area (Å²) in [6.45, 7) is 0.621. The fourth-order valence-corrected chi connectivity index (χ4v) is 4.04. The highest BCUT2D eigenvalue weighted by molar-refractivity contribution is 9.08. The number of rotatable bonds is 5. The molecule has 4 nitrogen and oxygen atoms in total. The zero-order chi connectivity index (χ0) is 14.1. The van der Waals surface area contributed by atoms with Gasteiger partial charge in [0.05, 0.1) is 11.5 Å². The minimum Gasteiger partial charge on any atom is -0.487 e. The van der Waals surface area contributed by atoms with Gasteiger partial charge in [-0.25, -0.2) is 0 Å². The van der Waals surface area contributed by atoms with Crippen LogP contribution in [0.5, 0.6) is 5.75 Å². The molecule has 0 radical (unpaired) electrons. The molecular weight excluding hydrogens is 322 g/mol. The molecule has 3 unspecified atom stereocenters. The van der Waals surface area contributed by atoms with E-state index in [-0.39, 0.29) is 10.6 Å². The fourth-order valence-electron chi connectivity index (χ4n) is 3.69. The molecule has 0 saturated heterocycles. The minimum absolute atomic E-state index is 0.0742. The van der Waals surface area contributed by atoms with Gasteiger partial charge in [-0.3, -0.25) is 10.1 Å². The van der Waals surface area contributed by atoms with Crippen LogP contribution in [0.1, 0.15) is 31.2 Å². The molecule has 2 saturated carbocycles. The van der Waals surface area contributed by atoms with Gasteiger partial charge in [0.15, 0.2) is 5.75 Å². The molecule has 0 N–H and O–H groups in total. The maximum absolute atomic E-state index is 11.1. The van der Waals surface area contributed by atoms with E-state index in [1.54, 1.807) is 12.1 Å². The summed E-state index contributed by atoms with van der Waals surface area (Å²) in [5, 5.41) is 11.7. The van der Waals surface area contributed by atoms with Crippen LogP contribution in [0.25, 0.3) is 0 Å². The average Bonchev–Trinajstić information content (AvgIpc) is 3.07. The molecule has 20 heavy (non-hydrogen) atoms. The zero-order valence-electron chi connectivity index (χ0n) is 11.3. The molecule has 1 aromatic carbocycles. The van der Waals surface area contributed by atoms with Gasteiger partial charge < -0.3 is 4.74 Å². The molecule has 0 amide bonds. The van der Waals surface area contributed by atoms with Crippen molar-refractivity contribution in [3.63, 3.8) is 0 Å². The number of hydrogen-bond donors (Lipinski definition) is 0. The van der Waals surface area contributed by atoms with E-state index in [2.05, 4.69) is 15.9 Å². The largest absolute Gasteiger partial charge is 0.487 e. The smallest absolute Gasteiger partial charge is 0.311 e. The van der Waals surface area contributed by atoms with Crippen molar-refractivity contribution < 1.29 is 9.66 Å². The maximum Gasteiger partial charge on any atom is 0.311 e. The summed E-state index contributed by atoms with van der Waals surface area (Å²) in [7, 11) is 0. The molecule has 2 aliphatic rings. The Balaban J connectivity index is 1.69. The number of alkyl halides is 1. The summed E-state index contributed by atoms with van der Waals surface area (Å²) >= 11 is 3.32. The second kappa shape index (κ2) is 5.72. The molecule has 2 fully saturated rings. The van der Waals surface area contributed by atoms with Gasteiger partial charge in [-0.15, -0.1) is 0 Å². The number of halogens is 1. The summed E-state index contributed by atoms with van der Waals surface area (Å²) in [4.78, 5) is 10.8. The SMILES string of the molecule is O=[N+]([O-])c1cc(CBr)ccc1OCC1CC2CCC1C2. The molecule has 3 atom stereocenters. The molecule has 2 aliphatic carbocycles. The van der Waals surface area contributed by atoms with Crippen LogP contribution in [0.15, 0.2) is 18.2 Å². The second-order valence-electron chi connectivity index (χ2n) is 5.94. The Bertz CT molecular complexity index is 520. The van der Waals surface area contributed by atoms with Crippen LogP contribution < -0.4 is 4.74 Å². The highest BCUT2D eigenvalue weighted by Crippen LogP contribution is 2.48. The van der Waals surface area contributed by atoms with Crippen molar-refractivity contribution in [3.05, 3.63) is 33.9 Å². The predicted octanol–water partition coefficient (Wildman–Crippen LogP) is 4.30. The van der Waals surface area contributed by atoms with Gasteiger partial charge >= 0.3 is 5.69 Å². The van der Waals surface area contributed by atoms with E-state index < -0.39 is 0 Å². The molecule has 0 aliphatic heterocycles. The van der Waals surface area contributed by atoms with Gasteiger partial charge in [-0.2, -0.15) is 0 Å². The molecule has 3 rings (SSSR count). The first-order chi connectivity index (χ1) is 9.67. The van der Waals surface area contributed by atoms with Gasteiger partial charge in [0.2, 0.25) is 0 Å². The lowest BCUT2D eigenvalue weighted by Gasteiger charge is -2.21. The zero-order valence-corrected chi connectivity index (χ0v) is 12.8. The Labute approximate surface area is 126 Å². The van der Waals surface area contributed by atoms with Gasteiger partial charge in [0, 0.05) is 11.4 Å². The summed E-state index contributed by atoms with van der Waals surface area (Å²) < 4.78 is 5.78. The Hall–Kier alpha value is -1.10. The Morgan fingerprint density at radius 3 is 2.80 bits per heavy atom. The van der Waals surface area contributed by atoms with Crippen molar-refractivity contribution in [2.75, 3.05) is 6.61 Å². The van der Waals surface area contributed by atoms with E-state index in [1.807, 2.05) is 6.07 Å². The summed E-state index contributed by atoms with van der Waals surface area (Å²) in [5.41, 5.74) is 0.967. The van der Waals surface area contributed by atoms with Crippen molar-refractivity contribution in [2.45, 2.75) is 31.0 Å². The van der Waals surface area contributed by atoms with Crippen molar-refractivity contribution in [2.24, 2.45) is 17.8 Å². The van der Waals surface area contributed by atoms with Crippen molar-refractivity contribution in [1.29, 1.82) is 0 Å². The van der Waals surface area contributed by atoms with Crippen LogP contribution in [0.3, 0.4) is 0 Å². The average molecular weight is 340 g/mol. The fraction of sp³-hybridized carbons (Fsp3) is 0.600. The Kier molecular flexibility index (Phi) is 3.96. The normalized spacial score (nSPS) is 27.8. The van der Waals surface area contributed by atoms with Gasteiger partial charge in [-0.1, -0.05) is 28.4 Å². The third-order valence-corrected chi connectivity index (χ3v) is 5.36. The van der Waals surface area contributed by atoms with Crippen LogP contribution in [0.2, 0.25) is 0 Å². The third-order valence-electron chi connectivity index (χ3n) is 4.71. The maximum atomic E-state index is 11.1. The van der Waals surface area contributed by atoms with E-state index >= 15 is 0 Å². The lowest BCUT2D eigenvalue weighted by molar-refractivity contribution is -0.386. The molecule has 2 bridgehead atoms. The summed E-state index contributed by atoms with van der Waals surface area (Å²) in [6, 6.07) is 5.19. The topological polar surface area (TPSA) is 52.4 Å². The van der Waals surface area contributed by atoms with E-state index in [0.717, 1.165) is 17.4 Å². The number of ether oxygens (including phenoxy) is 1. The Morgan fingerprint density at radius 2 is 2.20 bits per heavy atom. The van der Waals surface area contributed by atoms with E-state index in [0.29, 0.717) is 23.6 Å². The molecule has 108 valence electrons. The van der Waals surface area contributed by atoms with Crippen LogP contribution in [-0.2, 0) is 5.33 Å². The molecule has 0 heterocycles. The van der Waals surface area contributed by atoms with Gasteiger partial charge in [-0.05, 0) is 48.6 Å². The van der Waals surface area contributed by atoms with Crippen molar-refractivity contribution >= 4 is 21.6 Å². The summed E-state index contributed by atoms with van der Waals surface area (Å²) in [5.74, 6) is 2.65. The van der Waals surface area contributed by atoms with E-state index in [9.17, 15) is 10.1 Å². The number of hydrogen-bond acceptors (Lipinski definition) is 3. The number of nitrogens with zero attached hydrogens (tertiary/aromatic N) is 1. The second-order valence-corrected chi connectivity index (χ2v) is 6.50. The lowest BCUT2D eigenvalue weighted by Crippen LogP contribution is -2.18. The number of nitro groups is 1. The monoisotopic (exact) mass is 339 g/mol. The highest BCUT2D eigenvalue weighted by atomic mass is 79.9. The minimum atomic E-state index is -0.359. The van der Waals surface area contributed by atoms with Gasteiger partial charge in [0.25, 0.3) is 0 Å². The first-order valence-electron chi connectivity index (χ1n) is 7.13.